The largest absolute Gasteiger partial charge is 0.573 e. The molecule has 0 bridgehead atoms. The van der Waals surface area contributed by atoms with Gasteiger partial charge in [0.2, 0.25) is 15.8 Å². The Hall–Kier alpha value is -3.17. The molecule has 1 aromatic carbocycles. The van der Waals surface area contributed by atoms with Gasteiger partial charge in [-0.15, -0.1) is 23.4 Å². The molecule has 172 valence electrons. The van der Waals surface area contributed by atoms with Crippen LogP contribution in [0.25, 0.3) is 11.5 Å². The summed E-state index contributed by atoms with van der Waals surface area (Å²) in [6.45, 7) is 0.850. The summed E-state index contributed by atoms with van der Waals surface area (Å²) in [5.74, 6) is -2.26. The summed E-state index contributed by atoms with van der Waals surface area (Å²) >= 11 is 0. The van der Waals surface area contributed by atoms with E-state index in [4.69, 9.17) is 5.14 Å². The fourth-order valence-corrected chi connectivity index (χ4v) is 3.69. The van der Waals surface area contributed by atoms with E-state index in [2.05, 4.69) is 25.1 Å². The highest BCUT2D eigenvalue weighted by Gasteiger charge is 2.32. The second-order valence-corrected chi connectivity index (χ2v) is 8.55. The predicted octanol–water partition coefficient (Wildman–Crippen LogP) is 1.32. The van der Waals surface area contributed by atoms with Gasteiger partial charge in [0.05, 0.1) is 18.0 Å². The van der Waals surface area contributed by atoms with Crippen LogP contribution in [-0.4, -0.2) is 50.8 Å². The maximum absolute atomic E-state index is 14.0. The minimum Gasteiger partial charge on any atom is -0.406 e. The van der Waals surface area contributed by atoms with E-state index in [0.717, 1.165) is 23.0 Å². The molecule has 3 N–H and O–H groups in total. The van der Waals surface area contributed by atoms with Crippen molar-refractivity contribution in [2.75, 3.05) is 5.75 Å². The van der Waals surface area contributed by atoms with Crippen molar-refractivity contribution >= 4 is 10.0 Å². The molecule has 3 aromatic rings. The first kappa shape index (κ1) is 23.5. The van der Waals surface area contributed by atoms with Gasteiger partial charge in [-0.3, -0.25) is 0 Å². The summed E-state index contributed by atoms with van der Waals surface area (Å²) in [4.78, 5) is 5.04. The van der Waals surface area contributed by atoms with Gasteiger partial charge in [0.1, 0.15) is 22.9 Å². The molecule has 0 radical (unpaired) electrons. The Morgan fingerprint density at radius 3 is 2.59 bits per heavy atom. The van der Waals surface area contributed by atoms with Crippen molar-refractivity contribution in [3.05, 3.63) is 53.5 Å². The van der Waals surface area contributed by atoms with Gasteiger partial charge in [-0.1, -0.05) is 6.07 Å². The van der Waals surface area contributed by atoms with E-state index < -0.39 is 39.3 Å². The summed E-state index contributed by atoms with van der Waals surface area (Å²) in [5, 5.41) is 26.9. The molecule has 2 aromatic heterocycles. The summed E-state index contributed by atoms with van der Waals surface area (Å²) in [6, 6.07) is 6.79. The number of alkyl halides is 3. The molecule has 3 rings (SSSR count). The average molecular weight is 476 g/mol. The van der Waals surface area contributed by atoms with E-state index in [9.17, 15) is 31.1 Å². The van der Waals surface area contributed by atoms with Crippen LogP contribution in [0, 0.1) is 5.82 Å². The molecule has 32 heavy (non-hydrogen) atoms. The van der Waals surface area contributed by atoms with Gasteiger partial charge >= 0.3 is 6.36 Å². The number of nitrogens with zero attached hydrogens (tertiary/aromatic N) is 5. The first-order valence-corrected chi connectivity index (χ1v) is 10.5. The quantitative estimate of drug-likeness (QED) is 0.486. The van der Waals surface area contributed by atoms with Crippen LogP contribution in [0.1, 0.15) is 18.2 Å². The molecule has 0 spiro atoms. The van der Waals surface area contributed by atoms with Crippen LogP contribution in [0.4, 0.5) is 17.6 Å². The number of nitrogens with two attached hydrogens (primary N) is 1. The van der Waals surface area contributed by atoms with Gasteiger partial charge in [0.15, 0.2) is 0 Å². The molecule has 0 aliphatic carbocycles. The average Bonchev–Trinajstić information content (AvgIpc) is 3.10. The summed E-state index contributed by atoms with van der Waals surface area (Å²) in [5.41, 5.74) is -2.00. The zero-order chi connectivity index (χ0) is 23.7. The lowest BCUT2D eigenvalue weighted by molar-refractivity contribution is -0.274. The molecule has 1 atom stereocenters. The molecule has 0 fully saturated rings. The number of rotatable bonds is 7. The lowest BCUT2D eigenvalue weighted by atomic mass is 10.0. The van der Waals surface area contributed by atoms with Crippen molar-refractivity contribution in [2.45, 2.75) is 25.4 Å². The summed E-state index contributed by atoms with van der Waals surface area (Å²) < 4.78 is 77.6. The number of pyridine rings is 1. The van der Waals surface area contributed by atoms with Gasteiger partial charge < -0.3 is 9.84 Å². The Labute approximate surface area is 178 Å². The van der Waals surface area contributed by atoms with Crippen LogP contribution in [-0.2, 0) is 22.2 Å². The minimum atomic E-state index is -4.94. The van der Waals surface area contributed by atoms with Crippen LogP contribution in [0.3, 0.4) is 0 Å². The summed E-state index contributed by atoms with van der Waals surface area (Å²) in [7, 11) is -4.01. The van der Waals surface area contributed by atoms with E-state index in [1.54, 1.807) is 0 Å². The van der Waals surface area contributed by atoms with Gasteiger partial charge in [-0.25, -0.2) is 22.9 Å². The fourth-order valence-electron chi connectivity index (χ4n) is 2.76. The lowest BCUT2D eigenvalue weighted by Gasteiger charge is -2.21. The Balaban J connectivity index is 1.84. The zero-order valence-corrected chi connectivity index (χ0v) is 17.1. The van der Waals surface area contributed by atoms with Crippen LogP contribution in [0.2, 0.25) is 0 Å². The monoisotopic (exact) mass is 476 g/mol. The predicted molar refractivity (Wildman–Crippen MR) is 101 cm³/mol. The highest BCUT2D eigenvalue weighted by Crippen LogP contribution is 2.25. The number of sulfonamides is 1. The number of tetrazole rings is 1. The van der Waals surface area contributed by atoms with E-state index in [-0.39, 0.29) is 29.3 Å². The maximum atomic E-state index is 14.0. The van der Waals surface area contributed by atoms with Gasteiger partial charge in [0, 0.05) is 5.56 Å². The molecule has 0 amide bonds. The third kappa shape index (κ3) is 6.18. The van der Waals surface area contributed by atoms with Crippen LogP contribution in [0.15, 0.2) is 36.4 Å². The normalized spacial score (nSPS) is 14.2. The number of benzene rings is 1. The van der Waals surface area contributed by atoms with Crippen LogP contribution >= 0.6 is 0 Å². The molecule has 10 nitrogen and oxygen atoms in total. The maximum Gasteiger partial charge on any atom is 0.573 e. The van der Waals surface area contributed by atoms with E-state index in [1.807, 2.05) is 0 Å². The Morgan fingerprint density at radius 2 is 1.94 bits per heavy atom. The highest BCUT2D eigenvalue weighted by atomic mass is 32.2. The van der Waals surface area contributed by atoms with E-state index in [1.165, 1.54) is 25.1 Å². The Morgan fingerprint density at radius 1 is 1.22 bits per heavy atom. The number of hydrogen-bond donors (Lipinski definition) is 2. The zero-order valence-electron chi connectivity index (χ0n) is 16.3. The molecule has 15 heteroatoms. The fraction of sp³-hybridized carbons (Fsp3) is 0.294. The molecule has 2 heterocycles. The molecule has 0 saturated heterocycles. The lowest BCUT2D eigenvalue weighted by Crippen LogP contribution is -2.35. The molecular weight excluding hydrogens is 460 g/mol. The molecule has 0 saturated carbocycles. The van der Waals surface area contributed by atoms with Crippen molar-refractivity contribution in [1.29, 1.82) is 0 Å². The third-order valence-electron chi connectivity index (χ3n) is 4.03. The van der Waals surface area contributed by atoms with Gasteiger partial charge in [-0.05, 0) is 42.5 Å². The second-order valence-electron chi connectivity index (χ2n) is 6.93. The summed E-state index contributed by atoms with van der Waals surface area (Å²) in [6.07, 6.45) is -4.94. The molecule has 0 aliphatic heterocycles. The van der Waals surface area contributed by atoms with Crippen molar-refractivity contribution < 1.29 is 35.8 Å². The van der Waals surface area contributed by atoms with Crippen LogP contribution in [0.5, 0.6) is 5.75 Å². The molecule has 0 unspecified atom stereocenters. The number of aromatic nitrogens is 5. The third-order valence-corrected chi connectivity index (χ3v) is 4.99. The topological polar surface area (TPSA) is 146 Å². The first-order chi connectivity index (χ1) is 14.7. The second kappa shape index (κ2) is 8.40. The Bertz CT molecular complexity index is 1230. The van der Waals surface area contributed by atoms with Crippen molar-refractivity contribution in [3.8, 4) is 17.3 Å². The standard InChI is InChI=1S/C17H16F4N6O4S/c1-16(28,9-32(22,29)30)14-4-2-3-13(23-14)15-24-26-27(25-15)8-10-7-11(5-6-12(10)18)31-17(19,20)21/h2-7,28H,8-9H2,1H3,(H2,22,29,30)/t16-/m0/s1. The number of hydrogen-bond acceptors (Lipinski definition) is 8. The Kier molecular flexibility index (Phi) is 6.17. The number of aliphatic hydroxyl groups is 1. The van der Waals surface area contributed by atoms with Gasteiger partial charge in [-0.2, -0.15) is 4.80 Å². The molecular formula is C17H16F4N6O4S. The smallest absolute Gasteiger partial charge is 0.406 e. The first-order valence-electron chi connectivity index (χ1n) is 8.75. The van der Waals surface area contributed by atoms with E-state index in [0.29, 0.717) is 0 Å². The van der Waals surface area contributed by atoms with E-state index >= 15 is 0 Å². The van der Waals surface area contributed by atoms with Crippen molar-refractivity contribution in [2.24, 2.45) is 5.14 Å². The SMILES string of the molecule is C[C@](O)(CS(N)(=O)=O)c1cccc(-c2nnn(Cc3cc(OC(F)(F)F)ccc3F)n2)n1. The number of ether oxygens (including phenoxy) is 1. The van der Waals surface area contributed by atoms with Crippen LogP contribution < -0.4 is 9.88 Å². The highest BCUT2D eigenvalue weighted by molar-refractivity contribution is 7.89. The minimum absolute atomic E-state index is 0.0246. The van der Waals surface area contributed by atoms with Gasteiger partial charge in [0.25, 0.3) is 0 Å². The number of halogens is 4. The number of primary sulfonamides is 1. The van der Waals surface area contributed by atoms with Crippen molar-refractivity contribution in [3.63, 3.8) is 0 Å². The molecule has 0 aliphatic rings. The van der Waals surface area contributed by atoms with Crippen molar-refractivity contribution in [1.82, 2.24) is 25.2 Å².